The molecule has 0 bridgehead atoms. The van der Waals surface area contributed by atoms with Gasteiger partial charge in [-0.15, -0.1) is 0 Å². The van der Waals surface area contributed by atoms with Crippen molar-refractivity contribution >= 4 is 11.6 Å². The van der Waals surface area contributed by atoms with Gasteiger partial charge in [-0.3, -0.25) is 9.78 Å². The summed E-state index contributed by atoms with van der Waals surface area (Å²) in [6, 6.07) is 3.79. The highest BCUT2D eigenvalue weighted by Gasteiger charge is 2.20. The number of hydrogen-bond donors (Lipinski definition) is 2. The minimum absolute atomic E-state index is 0.156. The SMILES string of the molecule is CNC(=O)c1cc(N2CCC(OCCCN)CC2)ccn1. The zero-order valence-electron chi connectivity index (χ0n) is 12.5. The van der Waals surface area contributed by atoms with Gasteiger partial charge in [-0.2, -0.15) is 0 Å². The number of pyridine rings is 1. The third-order valence-electron chi connectivity index (χ3n) is 3.71. The van der Waals surface area contributed by atoms with Gasteiger partial charge in [-0.1, -0.05) is 0 Å². The van der Waals surface area contributed by atoms with Crippen molar-refractivity contribution < 1.29 is 9.53 Å². The highest BCUT2D eigenvalue weighted by Crippen LogP contribution is 2.21. The Morgan fingerprint density at radius 3 is 2.95 bits per heavy atom. The van der Waals surface area contributed by atoms with Crippen LogP contribution in [0.3, 0.4) is 0 Å². The summed E-state index contributed by atoms with van der Waals surface area (Å²) in [6.07, 6.45) is 4.93. The van der Waals surface area contributed by atoms with E-state index >= 15 is 0 Å². The first kappa shape index (κ1) is 15.7. The summed E-state index contributed by atoms with van der Waals surface area (Å²) >= 11 is 0. The zero-order chi connectivity index (χ0) is 15.1. The van der Waals surface area contributed by atoms with Crippen molar-refractivity contribution in [1.82, 2.24) is 10.3 Å². The lowest BCUT2D eigenvalue weighted by Crippen LogP contribution is -2.37. The number of carbonyl (C=O) groups is 1. The second-order valence-electron chi connectivity index (χ2n) is 5.18. The first-order valence-corrected chi connectivity index (χ1v) is 7.49. The normalized spacial score (nSPS) is 16.0. The molecule has 6 nitrogen and oxygen atoms in total. The summed E-state index contributed by atoms with van der Waals surface area (Å²) in [4.78, 5) is 18.0. The fraction of sp³-hybridized carbons (Fsp3) is 0.600. The summed E-state index contributed by atoms with van der Waals surface area (Å²) < 4.78 is 5.80. The molecule has 21 heavy (non-hydrogen) atoms. The molecule has 116 valence electrons. The number of carbonyl (C=O) groups excluding carboxylic acids is 1. The number of aromatic nitrogens is 1. The second kappa shape index (κ2) is 7.95. The molecule has 0 unspecified atom stereocenters. The lowest BCUT2D eigenvalue weighted by molar-refractivity contribution is 0.0366. The molecule has 1 saturated heterocycles. The highest BCUT2D eigenvalue weighted by molar-refractivity contribution is 5.92. The van der Waals surface area contributed by atoms with Crippen LogP contribution in [0.5, 0.6) is 0 Å². The van der Waals surface area contributed by atoms with E-state index in [-0.39, 0.29) is 5.91 Å². The number of ether oxygens (including phenoxy) is 1. The van der Waals surface area contributed by atoms with E-state index in [1.807, 2.05) is 12.1 Å². The average molecular weight is 292 g/mol. The number of nitrogens with two attached hydrogens (primary N) is 1. The van der Waals surface area contributed by atoms with Gasteiger partial charge in [0.05, 0.1) is 6.10 Å². The van der Waals surface area contributed by atoms with Crippen LogP contribution in [0, 0.1) is 0 Å². The van der Waals surface area contributed by atoms with Gasteiger partial charge in [-0.05, 0) is 37.9 Å². The lowest BCUT2D eigenvalue weighted by Gasteiger charge is -2.33. The number of nitrogens with zero attached hydrogens (tertiary/aromatic N) is 2. The van der Waals surface area contributed by atoms with Crippen molar-refractivity contribution in [2.45, 2.75) is 25.4 Å². The molecule has 0 saturated carbocycles. The zero-order valence-corrected chi connectivity index (χ0v) is 12.5. The van der Waals surface area contributed by atoms with E-state index in [1.54, 1.807) is 13.2 Å². The van der Waals surface area contributed by atoms with E-state index in [9.17, 15) is 4.79 Å². The topological polar surface area (TPSA) is 80.5 Å². The Labute approximate surface area is 125 Å². The quantitative estimate of drug-likeness (QED) is 0.757. The predicted molar refractivity (Wildman–Crippen MR) is 82.5 cm³/mol. The molecule has 2 rings (SSSR count). The Bertz CT molecular complexity index is 459. The molecule has 0 radical (unpaired) electrons. The first-order chi connectivity index (χ1) is 10.2. The molecule has 3 N–H and O–H groups in total. The van der Waals surface area contributed by atoms with E-state index in [0.29, 0.717) is 18.3 Å². The maximum atomic E-state index is 11.6. The van der Waals surface area contributed by atoms with Gasteiger partial charge in [-0.25, -0.2) is 0 Å². The van der Waals surface area contributed by atoms with E-state index in [2.05, 4.69) is 15.2 Å². The fourth-order valence-corrected chi connectivity index (χ4v) is 2.48. The van der Waals surface area contributed by atoms with Crippen molar-refractivity contribution in [3.63, 3.8) is 0 Å². The second-order valence-corrected chi connectivity index (χ2v) is 5.18. The van der Waals surface area contributed by atoms with Crippen LogP contribution in [-0.2, 0) is 4.74 Å². The molecule has 1 amide bonds. The van der Waals surface area contributed by atoms with Crippen LogP contribution in [0.2, 0.25) is 0 Å². The van der Waals surface area contributed by atoms with E-state index in [1.165, 1.54) is 0 Å². The maximum Gasteiger partial charge on any atom is 0.269 e. The van der Waals surface area contributed by atoms with E-state index in [4.69, 9.17) is 10.5 Å². The molecular weight excluding hydrogens is 268 g/mol. The summed E-state index contributed by atoms with van der Waals surface area (Å²) in [6.45, 7) is 3.30. The van der Waals surface area contributed by atoms with Gasteiger partial charge in [0.25, 0.3) is 5.91 Å². The number of rotatable bonds is 6. The van der Waals surface area contributed by atoms with Crippen molar-refractivity contribution in [3.8, 4) is 0 Å². The number of amides is 1. The number of hydrogen-bond acceptors (Lipinski definition) is 5. The largest absolute Gasteiger partial charge is 0.378 e. The number of anilines is 1. The maximum absolute atomic E-state index is 11.6. The average Bonchev–Trinajstić information content (AvgIpc) is 2.55. The van der Waals surface area contributed by atoms with Gasteiger partial charge in [0.2, 0.25) is 0 Å². The third kappa shape index (κ3) is 4.41. The Balaban J connectivity index is 1.88. The smallest absolute Gasteiger partial charge is 0.269 e. The number of piperidine rings is 1. The van der Waals surface area contributed by atoms with Gasteiger partial charge < -0.3 is 20.7 Å². The molecule has 1 aliphatic rings. The summed E-state index contributed by atoms with van der Waals surface area (Å²) in [5.74, 6) is -0.156. The van der Waals surface area contributed by atoms with E-state index < -0.39 is 0 Å². The Kier molecular flexibility index (Phi) is 5.95. The molecule has 1 aliphatic heterocycles. The molecule has 0 aromatic carbocycles. The molecule has 0 spiro atoms. The predicted octanol–water partition coefficient (Wildman–Crippen LogP) is 0.775. The summed E-state index contributed by atoms with van der Waals surface area (Å²) in [7, 11) is 1.61. The standard InChI is InChI=1S/C15H24N4O2/c1-17-15(20)14-11-12(3-7-18-14)19-8-4-13(5-9-19)21-10-2-6-16/h3,7,11,13H,2,4-6,8-10,16H2,1H3,(H,17,20). The molecule has 0 aliphatic carbocycles. The van der Waals surface area contributed by atoms with Crippen LogP contribution in [0.15, 0.2) is 18.3 Å². The lowest BCUT2D eigenvalue weighted by atomic mass is 10.1. The summed E-state index contributed by atoms with van der Waals surface area (Å²) in [5, 5.41) is 2.60. The monoisotopic (exact) mass is 292 g/mol. The van der Waals surface area contributed by atoms with Crippen LogP contribution in [0.4, 0.5) is 5.69 Å². The molecule has 1 fully saturated rings. The van der Waals surface area contributed by atoms with Crippen molar-refractivity contribution in [2.75, 3.05) is 38.2 Å². The first-order valence-electron chi connectivity index (χ1n) is 7.49. The van der Waals surface area contributed by atoms with Crippen molar-refractivity contribution in [3.05, 3.63) is 24.0 Å². The van der Waals surface area contributed by atoms with Gasteiger partial charge in [0.15, 0.2) is 0 Å². The molecule has 1 aromatic rings. The van der Waals surface area contributed by atoms with Gasteiger partial charge in [0, 0.05) is 38.6 Å². The molecule has 0 atom stereocenters. The fourth-order valence-electron chi connectivity index (χ4n) is 2.48. The van der Waals surface area contributed by atoms with Crippen LogP contribution >= 0.6 is 0 Å². The minimum Gasteiger partial charge on any atom is -0.378 e. The molecule has 6 heteroatoms. The van der Waals surface area contributed by atoms with Crippen LogP contribution in [-0.4, -0.2) is 50.3 Å². The highest BCUT2D eigenvalue weighted by atomic mass is 16.5. The molecular formula is C15H24N4O2. The summed E-state index contributed by atoms with van der Waals surface area (Å²) in [5.41, 5.74) is 6.97. The van der Waals surface area contributed by atoms with Gasteiger partial charge in [0.1, 0.15) is 5.69 Å². The Hall–Kier alpha value is -1.66. The van der Waals surface area contributed by atoms with Crippen LogP contribution in [0.1, 0.15) is 29.8 Å². The van der Waals surface area contributed by atoms with Crippen LogP contribution < -0.4 is 16.0 Å². The third-order valence-corrected chi connectivity index (χ3v) is 3.71. The Morgan fingerprint density at radius 1 is 1.52 bits per heavy atom. The molecule has 2 heterocycles. The van der Waals surface area contributed by atoms with Crippen molar-refractivity contribution in [2.24, 2.45) is 5.73 Å². The van der Waals surface area contributed by atoms with E-state index in [0.717, 1.165) is 44.6 Å². The van der Waals surface area contributed by atoms with Gasteiger partial charge >= 0.3 is 0 Å². The van der Waals surface area contributed by atoms with Crippen molar-refractivity contribution in [1.29, 1.82) is 0 Å². The van der Waals surface area contributed by atoms with Crippen LogP contribution in [0.25, 0.3) is 0 Å². The minimum atomic E-state index is -0.156. The molecule has 1 aromatic heterocycles. The Morgan fingerprint density at radius 2 is 2.29 bits per heavy atom. The number of nitrogens with one attached hydrogen (secondary N) is 1.